The zero-order valence-corrected chi connectivity index (χ0v) is 21.3. The van der Waals surface area contributed by atoms with Crippen LogP contribution in [0.3, 0.4) is 0 Å². The molecule has 0 radical (unpaired) electrons. The van der Waals surface area contributed by atoms with E-state index >= 15 is 0 Å². The third-order valence-electron chi connectivity index (χ3n) is 7.00. The molecule has 0 unspecified atom stereocenters. The third-order valence-corrected chi connectivity index (χ3v) is 7.35. The Morgan fingerprint density at radius 1 is 1.00 bits per heavy atom. The van der Waals surface area contributed by atoms with Gasteiger partial charge in [-0.1, -0.05) is 69.0 Å². The molecule has 1 saturated carbocycles. The number of hydrogen-bond donors (Lipinski definition) is 2. The Labute approximate surface area is 211 Å². The fourth-order valence-corrected chi connectivity index (χ4v) is 5.14. The molecule has 3 amide bonds. The summed E-state index contributed by atoms with van der Waals surface area (Å²) < 4.78 is 0. The van der Waals surface area contributed by atoms with Crippen LogP contribution < -0.4 is 10.6 Å². The van der Waals surface area contributed by atoms with E-state index in [4.69, 9.17) is 11.6 Å². The van der Waals surface area contributed by atoms with Crippen LogP contribution in [-0.2, 0) is 22.4 Å². The summed E-state index contributed by atoms with van der Waals surface area (Å²) in [5, 5.41) is 6.05. The zero-order valence-electron chi connectivity index (χ0n) is 20.5. The molecule has 0 spiro atoms. The van der Waals surface area contributed by atoms with Gasteiger partial charge in [-0.25, -0.2) is 0 Å². The minimum Gasteiger partial charge on any atom is -0.349 e. The predicted molar refractivity (Wildman–Crippen MR) is 140 cm³/mol. The van der Waals surface area contributed by atoms with E-state index in [1.807, 2.05) is 31.2 Å². The first-order valence-corrected chi connectivity index (χ1v) is 12.8. The minimum atomic E-state index is -0.444. The summed E-state index contributed by atoms with van der Waals surface area (Å²) >= 11 is 6.34. The second-order valence-corrected chi connectivity index (χ2v) is 9.61. The number of carbonyl (C=O) groups is 3. The van der Waals surface area contributed by atoms with Gasteiger partial charge >= 0.3 is 0 Å². The van der Waals surface area contributed by atoms with Gasteiger partial charge in [-0.05, 0) is 61.4 Å². The molecule has 2 N–H and O–H groups in total. The smallest absolute Gasteiger partial charge is 0.279 e. The molecule has 0 saturated heterocycles. The molecule has 35 heavy (non-hydrogen) atoms. The first kappa shape index (κ1) is 25.0. The van der Waals surface area contributed by atoms with E-state index in [-0.39, 0.29) is 22.7 Å². The number of benzene rings is 2. The molecular weight excluding hydrogens is 462 g/mol. The highest BCUT2D eigenvalue weighted by atomic mass is 35.5. The monoisotopic (exact) mass is 493 g/mol. The van der Waals surface area contributed by atoms with Gasteiger partial charge in [0, 0.05) is 23.0 Å². The molecule has 1 fully saturated rings. The summed E-state index contributed by atoms with van der Waals surface area (Å²) in [6.45, 7) is 6.00. The van der Waals surface area contributed by atoms with Gasteiger partial charge in [-0.2, -0.15) is 0 Å². The van der Waals surface area contributed by atoms with E-state index in [0.29, 0.717) is 11.3 Å². The molecule has 0 aromatic heterocycles. The third kappa shape index (κ3) is 4.98. The van der Waals surface area contributed by atoms with Crippen molar-refractivity contribution >= 4 is 40.7 Å². The number of amides is 3. The van der Waals surface area contributed by atoms with Crippen LogP contribution in [0, 0.1) is 6.92 Å². The number of anilines is 2. The lowest BCUT2D eigenvalue weighted by Gasteiger charge is -2.29. The number of halogens is 1. The van der Waals surface area contributed by atoms with Crippen LogP contribution >= 0.6 is 11.6 Å². The standard InChI is InChI=1S/C28H32ClN3O3/c1-4-18-10-9-11-19(5-2)24(18)31-26(33)20-15-14-17(3)22(16-20)30-25-23(29)27(34)32(28(25)35)21-12-7-6-8-13-21/h9-11,14-16,21,30H,4-8,12-13H2,1-3H3,(H,31,33). The molecule has 4 rings (SSSR count). The lowest BCUT2D eigenvalue weighted by Crippen LogP contribution is -2.42. The Bertz CT molecular complexity index is 1180. The highest BCUT2D eigenvalue weighted by Gasteiger charge is 2.42. The van der Waals surface area contributed by atoms with Crippen molar-refractivity contribution in [3.8, 4) is 0 Å². The Balaban J connectivity index is 1.57. The van der Waals surface area contributed by atoms with E-state index in [1.54, 1.807) is 12.1 Å². The van der Waals surface area contributed by atoms with Crippen molar-refractivity contribution in [2.75, 3.05) is 10.6 Å². The van der Waals surface area contributed by atoms with Gasteiger partial charge in [-0.15, -0.1) is 0 Å². The van der Waals surface area contributed by atoms with Crippen molar-refractivity contribution in [3.05, 3.63) is 69.4 Å². The average Bonchev–Trinajstić information content (AvgIpc) is 3.08. The minimum absolute atomic E-state index is 0.0764. The molecule has 0 bridgehead atoms. The topological polar surface area (TPSA) is 78.5 Å². The number of aryl methyl sites for hydroxylation is 3. The van der Waals surface area contributed by atoms with E-state index in [1.165, 1.54) is 4.90 Å². The van der Waals surface area contributed by atoms with E-state index in [0.717, 1.165) is 67.3 Å². The Hall–Kier alpha value is -3.12. The van der Waals surface area contributed by atoms with Crippen LogP contribution in [0.15, 0.2) is 47.1 Å². The first-order chi connectivity index (χ1) is 16.8. The maximum Gasteiger partial charge on any atom is 0.279 e. The zero-order chi connectivity index (χ0) is 25.1. The Morgan fingerprint density at radius 3 is 2.29 bits per heavy atom. The number of rotatable bonds is 7. The normalized spacial score (nSPS) is 16.7. The molecule has 184 valence electrons. The maximum absolute atomic E-state index is 13.2. The van der Waals surface area contributed by atoms with Gasteiger partial charge < -0.3 is 10.6 Å². The van der Waals surface area contributed by atoms with Gasteiger partial charge in [0.05, 0.1) is 0 Å². The Kier molecular flexibility index (Phi) is 7.60. The number of nitrogens with one attached hydrogen (secondary N) is 2. The largest absolute Gasteiger partial charge is 0.349 e. The maximum atomic E-state index is 13.2. The summed E-state index contributed by atoms with van der Waals surface area (Å²) in [7, 11) is 0. The lowest BCUT2D eigenvalue weighted by molar-refractivity contribution is -0.140. The predicted octanol–water partition coefficient (Wildman–Crippen LogP) is 5.94. The summed E-state index contributed by atoms with van der Waals surface area (Å²) in [5.74, 6) is -1.08. The number of para-hydroxylation sites is 1. The number of imide groups is 1. The average molecular weight is 494 g/mol. The number of nitrogens with zero attached hydrogens (tertiary/aromatic N) is 1. The molecule has 1 aliphatic carbocycles. The molecule has 2 aliphatic rings. The quantitative estimate of drug-likeness (QED) is 0.468. The molecule has 2 aromatic rings. The highest BCUT2D eigenvalue weighted by molar-refractivity contribution is 6.48. The van der Waals surface area contributed by atoms with Crippen molar-refractivity contribution in [2.24, 2.45) is 0 Å². The summed E-state index contributed by atoms with van der Waals surface area (Å²) in [6.07, 6.45) is 6.36. The van der Waals surface area contributed by atoms with Crippen LogP contribution in [-0.4, -0.2) is 28.7 Å². The second kappa shape index (κ2) is 10.6. The van der Waals surface area contributed by atoms with E-state index < -0.39 is 11.8 Å². The molecule has 6 nitrogen and oxygen atoms in total. The van der Waals surface area contributed by atoms with E-state index in [2.05, 4.69) is 24.5 Å². The summed E-state index contributed by atoms with van der Waals surface area (Å²) in [6, 6.07) is 11.2. The van der Waals surface area contributed by atoms with Crippen LogP contribution in [0.1, 0.15) is 73.0 Å². The van der Waals surface area contributed by atoms with Crippen LogP contribution in [0.5, 0.6) is 0 Å². The fourth-order valence-electron chi connectivity index (χ4n) is 4.92. The fraction of sp³-hybridized carbons (Fsp3) is 0.393. The van der Waals surface area contributed by atoms with Gasteiger partial charge in [0.25, 0.3) is 17.7 Å². The van der Waals surface area contributed by atoms with Crippen molar-refractivity contribution < 1.29 is 14.4 Å². The van der Waals surface area contributed by atoms with Crippen LogP contribution in [0.4, 0.5) is 11.4 Å². The summed E-state index contributed by atoms with van der Waals surface area (Å²) in [4.78, 5) is 40.5. The van der Waals surface area contributed by atoms with Gasteiger partial charge in [0.1, 0.15) is 10.7 Å². The molecule has 2 aromatic carbocycles. The van der Waals surface area contributed by atoms with Crippen molar-refractivity contribution in [3.63, 3.8) is 0 Å². The van der Waals surface area contributed by atoms with Gasteiger partial charge in [0.15, 0.2) is 0 Å². The highest BCUT2D eigenvalue weighted by Crippen LogP contribution is 2.33. The van der Waals surface area contributed by atoms with Crippen molar-refractivity contribution in [2.45, 2.75) is 71.8 Å². The SMILES string of the molecule is CCc1cccc(CC)c1NC(=O)c1ccc(C)c(NC2=C(Cl)C(=O)N(C3CCCCC3)C2=O)c1. The molecule has 1 heterocycles. The second-order valence-electron chi connectivity index (χ2n) is 9.23. The molecule has 1 aliphatic heterocycles. The van der Waals surface area contributed by atoms with Gasteiger partial charge in [-0.3, -0.25) is 19.3 Å². The Morgan fingerprint density at radius 2 is 1.66 bits per heavy atom. The first-order valence-electron chi connectivity index (χ1n) is 12.4. The van der Waals surface area contributed by atoms with E-state index in [9.17, 15) is 14.4 Å². The van der Waals surface area contributed by atoms with Gasteiger partial charge in [0.2, 0.25) is 0 Å². The molecule has 7 heteroatoms. The number of hydrogen-bond acceptors (Lipinski definition) is 4. The summed E-state index contributed by atoms with van der Waals surface area (Å²) in [5.41, 5.74) is 4.94. The van der Waals surface area contributed by atoms with Crippen LogP contribution in [0.2, 0.25) is 0 Å². The van der Waals surface area contributed by atoms with Crippen molar-refractivity contribution in [1.82, 2.24) is 4.90 Å². The lowest BCUT2D eigenvalue weighted by atomic mass is 9.94. The van der Waals surface area contributed by atoms with Crippen molar-refractivity contribution in [1.29, 1.82) is 0 Å². The molecular formula is C28H32ClN3O3. The van der Waals surface area contributed by atoms with Crippen LogP contribution in [0.25, 0.3) is 0 Å². The number of carbonyl (C=O) groups excluding carboxylic acids is 3. The molecule has 0 atom stereocenters.